The Morgan fingerprint density at radius 2 is 2.33 bits per heavy atom. The van der Waals surface area contributed by atoms with Gasteiger partial charge in [0.1, 0.15) is 11.8 Å². The number of rotatable bonds is 3. The minimum Gasteiger partial charge on any atom is -0.385 e. The van der Waals surface area contributed by atoms with Crippen LogP contribution in [0.5, 0.6) is 0 Å². The van der Waals surface area contributed by atoms with Gasteiger partial charge in [-0.15, -0.1) is 0 Å². The number of fused-ring (bicyclic) bond motifs is 1. The third-order valence-electron chi connectivity index (χ3n) is 2.35. The molecule has 2 aromatic rings. The summed E-state index contributed by atoms with van der Waals surface area (Å²) in [6.45, 7) is 3.08. The number of nitriles is 1. The fourth-order valence-corrected chi connectivity index (χ4v) is 1.63. The van der Waals surface area contributed by atoms with Crippen molar-refractivity contribution in [2.24, 2.45) is 0 Å². The first-order valence-corrected chi connectivity index (χ1v) is 5.11. The van der Waals surface area contributed by atoms with E-state index < -0.39 is 0 Å². The minimum absolute atomic E-state index is 0.607. The van der Waals surface area contributed by atoms with Crippen molar-refractivity contribution in [1.29, 1.82) is 5.26 Å². The minimum atomic E-state index is 0.607. The topological polar surface area (TPSA) is 51.6 Å². The first kappa shape index (κ1) is 9.60. The Bertz CT molecular complexity index is 505. The first-order chi connectivity index (χ1) is 7.35. The van der Waals surface area contributed by atoms with Crippen molar-refractivity contribution >= 4 is 16.6 Å². The fraction of sp³-hybridized carbons (Fsp3) is 0.250. The lowest BCUT2D eigenvalue weighted by Crippen LogP contribution is -1.99. The molecule has 0 unspecified atom stereocenters. The number of hydrogen-bond donors (Lipinski definition) is 2. The predicted molar refractivity (Wildman–Crippen MR) is 61.8 cm³/mol. The van der Waals surface area contributed by atoms with Gasteiger partial charge in [-0.3, -0.25) is 0 Å². The monoisotopic (exact) mass is 199 g/mol. The van der Waals surface area contributed by atoms with Crippen molar-refractivity contribution in [1.82, 2.24) is 4.98 Å². The molecule has 0 saturated carbocycles. The Morgan fingerprint density at radius 3 is 3.07 bits per heavy atom. The van der Waals surface area contributed by atoms with E-state index in [1.807, 2.05) is 24.3 Å². The average Bonchev–Trinajstić information content (AvgIpc) is 2.69. The van der Waals surface area contributed by atoms with Crippen LogP contribution < -0.4 is 5.32 Å². The van der Waals surface area contributed by atoms with Gasteiger partial charge in [0.15, 0.2) is 0 Å². The van der Waals surface area contributed by atoms with Gasteiger partial charge < -0.3 is 10.3 Å². The Kier molecular flexibility index (Phi) is 2.59. The van der Waals surface area contributed by atoms with Gasteiger partial charge in [-0.2, -0.15) is 5.26 Å². The number of hydrogen-bond acceptors (Lipinski definition) is 2. The molecule has 1 aromatic heterocycles. The number of benzene rings is 1. The molecule has 0 aliphatic rings. The van der Waals surface area contributed by atoms with Gasteiger partial charge in [-0.1, -0.05) is 13.0 Å². The summed E-state index contributed by atoms with van der Waals surface area (Å²) < 4.78 is 0. The summed E-state index contributed by atoms with van der Waals surface area (Å²) in [5, 5.41) is 13.2. The molecule has 76 valence electrons. The highest BCUT2D eigenvalue weighted by molar-refractivity contribution is 5.93. The first-order valence-electron chi connectivity index (χ1n) is 5.11. The van der Waals surface area contributed by atoms with Gasteiger partial charge >= 0.3 is 0 Å². The van der Waals surface area contributed by atoms with Crippen molar-refractivity contribution in [3.8, 4) is 6.07 Å². The summed E-state index contributed by atoms with van der Waals surface area (Å²) in [7, 11) is 0. The molecule has 2 rings (SSSR count). The lowest BCUT2D eigenvalue weighted by atomic mass is 10.2. The van der Waals surface area contributed by atoms with Crippen molar-refractivity contribution < 1.29 is 0 Å². The van der Waals surface area contributed by atoms with Gasteiger partial charge in [-0.25, -0.2) is 0 Å². The highest BCUT2D eigenvalue weighted by Crippen LogP contribution is 2.23. The third-order valence-corrected chi connectivity index (χ3v) is 2.35. The van der Waals surface area contributed by atoms with Gasteiger partial charge in [0.25, 0.3) is 0 Å². The molecule has 0 fully saturated rings. The molecule has 0 radical (unpaired) electrons. The van der Waals surface area contributed by atoms with Crippen LogP contribution in [0.1, 0.15) is 19.0 Å². The lowest BCUT2D eigenvalue weighted by molar-refractivity contribution is 0.981. The van der Waals surface area contributed by atoms with Crippen LogP contribution in [0.15, 0.2) is 24.3 Å². The smallest absolute Gasteiger partial charge is 0.118 e. The number of nitrogens with one attached hydrogen (secondary N) is 2. The maximum atomic E-state index is 8.80. The highest BCUT2D eigenvalue weighted by Gasteiger charge is 2.03. The van der Waals surface area contributed by atoms with E-state index in [4.69, 9.17) is 5.26 Å². The molecule has 0 bridgehead atoms. The Hall–Kier alpha value is -1.95. The van der Waals surface area contributed by atoms with E-state index in [0.717, 1.165) is 29.6 Å². The lowest BCUT2D eigenvalue weighted by Gasteiger charge is -2.05. The fourth-order valence-electron chi connectivity index (χ4n) is 1.63. The largest absolute Gasteiger partial charge is 0.385 e. The molecule has 0 amide bonds. The van der Waals surface area contributed by atoms with Gasteiger partial charge in [0.05, 0.1) is 0 Å². The Balaban J connectivity index is 2.46. The Labute approximate surface area is 88.7 Å². The summed E-state index contributed by atoms with van der Waals surface area (Å²) >= 11 is 0. The van der Waals surface area contributed by atoms with Crippen LogP contribution in [0.3, 0.4) is 0 Å². The molecule has 15 heavy (non-hydrogen) atoms. The molecule has 0 spiro atoms. The van der Waals surface area contributed by atoms with Crippen molar-refractivity contribution in [2.75, 3.05) is 11.9 Å². The molecule has 1 aromatic carbocycles. The van der Waals surface area contributed by atoms with E-state index in [0.29, 0.717) is 5.69 Å². The van der Waals surface area contributed by atoms with Crippen molar-refractivity contribution in [3.05, 3.63) is 30.0 Å². The van der Waals surface area contributed by atoms with Crippen molar-refractivity contribution in [2.45, 2.75) is 13.3 Å². The second kappa shape index (κ2) is 4.05. The second-order valence-corrected chi connectivity index (χ2v) is 3.49. The third kappa shape index (κ3) is 1.79. The maximum Gasteiger partial charge on any atom is 0.118 e. The van der Waals surface area contributed by atoms with Crippen LogP contribution in [0.2, 0.25) is 0 Å². The second-order valence-electron chi connectivity index (χ2n) is 3.49. The predicted octanol–water partition coefficient (Wildman–Crippen LogP) is 2.86. The number of aromatic nitrogens is 1. The van der Waals surface area contributed by atoms with Crippen LogP contribution in [-0.2, 0) is 0 Å². The molecular weight excluding hydrogens is 186 g/mol. The molecule has 3 heteroatoms. The zero-order valence-corrected chi connectivity index (χ0v) is 8.67. The van der Waals surface area contributed by atoms with Crippen LogP contribution >= 0.6 is 0 Å². The summed E-state index contributed by atoms with van der Waals surface area (Å²) in [4.78, 5) is 3.06. The Morgan fingerprint density at radius 1 is 1.47 bits per heavy atom. The van der Waals surface area contributed by atoms with Gasteiger partial charge in [-0.05, 0) is 24.6 Å². The van der Waals surface area contributed by atoms with E-state index in [2.05, 4.69) is 23.3 Å². The number of anilines is 1. The van der Waals surface area contributed by atoms with E-state index in [1.54, 1.807) is 0 Å². The van der Waals surface area contributed by atoms with Crippen LogP contribution in [-0.4, -0.2) is 11.5 Å². The molecule has 1 heterocycles. The number of H-pyrrole nitrogens is 1. The summed E-state index contributed by atoms with van der Waals surface area (Å²) in [5.74, 6) is 0. The van der Waals surface area contributed by atoms with E-state index in [9.17, 15) is 0 Å². The molecule has 2 N–H and O–H groups in total. The van der Waals surface area contributed by atoms with Crippen LogP contribution in [0, 0.1) is 11.3 Å². The SMILES string of the molecule is CCCNc1cccc2[nH]c(C#N)cc12. The van der Waals surface area contributed by atoms with Crippen molar-refractivity contribution in [3.63, 3.8) is 0 Å². The zero-order valence-electron chi connectivity index (χ0n) is 8.67. The normalized spacial score (nSPS) is 10.1. The summed E-state index contributed by atoms with van der Waals surface area (Å²) in [6.07, 6.45) is 1.09. The molecule has 0 atom stereocenters. The van der Waals surface area contributed by atoms with E-state index in [-0.39, 0.29) is 0 Å². The average molecular weight is 199 g/mol. The molecule has 0 aliphatic carbocycles. The van der Waals surface area contributed by atoms with E-state index in [1.165, 1.54) is 0 Å². The van der Waals surface area contributed by atoms with Gasteiger partial charge in [0.2, 0.25) is 0 Å². The molecule has 3 nitrogen and oxygen atoms in total. The van der Waals surface area contributed by atoms with Crippen LogP contribution in [0.25, 0.3) is 10.9 Å². The number of aromatic amines is 1. The van der Waals surface area contributed by atoms with E-state index >= 15 is 0 Å². The summed E-state index contributed by atoms with van der Waals surface area (Å²) in [6, 6.07) is 10.00. The molecule has 0 saturated heterocycles. The maximum absolute atomic E-state index is 8.80. The number of nitrogens with zero attached hydrogens (tertiary/aromatic N) is 1. The molecule has 0 aliphatic heterocycles. The zero-order chi connectivity index (χ0) is 10.7. The quantitative estimate of drug-likeness (QED) is 0.798. The van der Waals surface area contributed by atoms with Gasteiger partial charge in [0, 0.05) is 23.1 Å². The van der Waals surface area contributed by atoms with Crippen LogP contribution in [0.4, 0.5) is 5.69 Å². The highest BCUT2D eigenvalue weighted by atomic mass is 14.9. The summed E-state index contributed by atoms with van der Waals surface area (Å²) in [5.41, 5.74) is 2.70. The standard InChI is InChI=1S/C12H13N3/c1-2-6-14-11-4-3-5-12-10(11)7-9(8-13)15-12/h3-5,7,14-15H,2,6H2,1H3. The molecular formula is C12H13N3.